The maximum atomic E-state index is 6.27. The van der Waals surface area contributed by atoms with E-state index in [1.165, 1.54) is 5.56 Å². The maximum Gasteiger partial charge on any atom is 0.174 e. The van der Waals surface area contributed by atoms with Gasteiger partial charge in [0.15, 0.2) is 11.5 Å². The summed E-state index contributed by atoms with van der Waals surface area (Å²) in [5.41, 5.74) is 4.34. The van der Waals surface area contributed by atoms with E-state index in [1.54, 1.807) is 12.1 Å². The van der Waals surface area contributed by atoms with Crippen molar-refractivity contribution >= 4 is 51.5 Å². The van der Waals surface area contributed by atoms with Gasteiger partial charge in [0.25, 0.3) is 0 Å². The average Bonchev–Trinajstić information content (AvgIpc) is 2.68. The molecular formula is C23H22Cl2INO2. The normalized spacial score (nSPS) is 10.7. The van der Waals surface area contributed by atoms with Crippen molar-refractivity contribution in [3.63, 3.8) is 0 Å². The van der Waals surface area contributed by atoms with Crippen LogP contribution in [0.25, 0.3) is 0 Å². The van der Waals surface area contributed by atoms with Crippen LogP contribution in [0.2, 0.25) is 10.0 Å². The van der Waals surface area contributed by atoms with E-state index >= 15 is 0 Å². The molecule has 0 spiro atoms. The Bertz CT molecular complexity index is 995. The third-order valence-corrected chi connectivity index (χ3v) is 5.77. The van der Waals surface area contributed by atoms with Crippen molar-refractivity contribution in [2.75, 3.05) is 11.9 Å². The molecule has 0 aliphatic rings. The lowest BCUT2D eigenvalue weighted by atomic mass is 10.1. The highest BCUT2D eigenvalue weighted by molar-refractivity contribution is 14.1. The Morgan fingerprint density at radius 1 is 1.00 bits per heavy atom. The third-order valence-electron chi connectivity index (χ3n) is 4.38. The van der Waals surface area contributed by atoms with Crippen LogP contribution in [0, 0.1) is 10.5 Å². The van der Waals surface area contributed by atoms with Crippen molar-refractivity contribution in [1.82, 2.24) is 0 Å². The highest BCUT2D eigenvalue weighted by Gasteiger charge is 2.14. The first-order valence-corrected chi connectivity index (χ1v) is 11.1. The fourth-order valence-corrected chi connectivity index (χ4v) is 4.17. The molecule has 3 aromatic carbocycles. The largest absolute Gasteiger partial charge is 0.490 e. The molecule has 0 unspecified atom stereocenters. The smallest absolute Gasteiger partial charge is 0.174 e. The third kappa shape index (κ3) is 5.93. The zero-order valence-corrected chi connectivity index (χ0v) is 19.9. The minimum Gasteiger partial charge on any atom is -0.490 e. The number of halogens is 3. The number of aryl methyl sites for hydroxylation is 1. The van der Waals surface area contributed by atoms with Crippen molar-refractivity contribution in [3.8, 4) is 11.5 Å². The second-order valence-electron chi connectivity index (χ2n) is 6.53. The quantitative estimate of drug-likeness (QED) is 0.299. The van der Waals surface area contributed by atoms with Crippen LogP contribution >= 0.6 is 45.8 Å². The van der Waals surface area contributed by atoms with Gasteiger partial charge in [-0.05, 0) is 77.9 Å². The summed E-state index contributed by atoms with van der Waals surface area (Å²) >= 11 is 14.5. The van der Waals surface area contributed by atoms with E-state index in [1.807, 2.05) is 31.2 Å². The van der Waals surface area contributed by atoms with Crippen molar-refractivity contribution in [2.24, 2.45) is 0 Å². The molecule has 0 saturated heterocycles. The molecule has 0 saturated carbocycles. The summed E-state index contributed by atoms with van der Waals surface area (Å²) in [7, 11) is 0. The van der Waals surface area contributed by atoms with Gasteiger partial charge >= 0.3 is 0 Å². The van der Waals surface area contributed by atoms with Crippen LogP contribution < -0.4 is 14.8 Å². The minimum absolute atomic E-state index is 0.340. The highest BCUT2D eigenvalue weighted by Crippen LogP contribution is 2.36. The minimum atomic E-state index is 0.340. The van der Waals surface area contributed by atoms with Gasteiger partial charge in [0.05, 0.1) is 10.2 Å². The molecule has 29 heavy (non-hydrogen) atoms. The number of ether oxygens (including phenoxy) is 2. The molecule has 0 fully saturated rings. The van der Waals surface area contributed by atoms with Crippen LogP contribution in [0.15, 0.2) is 54.6 Å². The van der Waals surface area contributed by atoms with Gasteiger partial charge in [-0.1, -0.05) is 47.5 Å². The molecule has 0 heterocycles. The zero-order chi connectivity index (χ0) is 20.8. The summed E-state index contributed by atoms with van der Waals surface area (Å²) in [6, 6.07) is 17.8. The molecule has 0 aliphatic carbocycles. The fraction of sp³-hybridized carbons (Fsp3) is 0.217. The van der Waals surface area contributed by atoms with E-state index in [4.69, 9.17) is 32.7 Å². The Hall–Kier alpha value is -1.63. The lowest BCUT2D eigenvalue weighted by molar-refractivity contribution is 0.267. The van der Waals surface area contributed by atoms with E-state index < -0.39 is 0 Å². The van der Waals surface area contributed by atoms with Crippen LogP contribution in [0.4, 0.5) is 5.69 Å². The Balaban J connectivity index is 1.77. The topological polar surface area (TPSA) is 30.5 Å². The highest BCUT2D eigenvalue weighted by atomic mass is 127. The number of para-hydroxylation sites is 1. The first-order chi connectivity index (χ1) is 14.0. The lowest BCUT2D eigenvalue weighted by Crippen LogP contribution is -2.05. The predicted octanol–water partition coefficient (Wildman–Crippen LogP) is 7.50. The second kappa shape index (κ2) is 10.4. The Morgan fingerprint density at radius 2 is 1.79 bits per heavy atom. The van der Waals surface area contributed by atoms with Gasteiger partial charge in [0, 0.05) is 27.8 Å². The van der Waals surface area contributed by atoms with Gasteiger partial charge in [-0.15, -0.1) is 0 Å². The molecule has 0 radical (unpaired) electrons. The first kappa shape index (κ1) is 22.1. The zero-order valence-electron chi connectivity index (χ0n) is 16.3. The summed E-state index contributed by atoms with van der Waals surface area (Å²) in [5.74, 6) is 1.45. The standard InChI is InChI=1S/C23H22Cl2INO2/c1-3-28-22-11-16(13-27-21-7-5-4-6-15(21)2)10-20(26)23(22)29-14-17-8-9-18(24)12-19(17)25/h4-12,27H,3,13-14H2,1-2H3. The van der Waals surface area contributed by atoms with Crippen LogP contribution in [0.5, 0.6) is 11.5 Å². The van der Waals surface area contributed by atoms with Gasteiger partial charge in [0.2, 0.25) is 0 Å². The maximum absolute atomic E-state index is 6.27. The molecule has 0 atom stereocenters. The number of hydrogen-bond donors (Lipinski definition) is 1. The molecular weight excluding hydrogens is 520 g/mol. The van der Waals surface area contributed by atoms with Crippen LogP contribution in [-0.4, -0.2) is 6.61 Å². The van der Waals surface area contributed by atoms with Gasteiger partial charge in [-0.25, -0.2) is 0 Å². The Kier molecular flexibility index (Phi) is 7.92. The van der Waals surface area contributed by atoms with E-state index in [2.05, 4.69) is 53.0 Å². The van der Waals surface area contributed by atoms with Crippen molar-refractivity contribution in [2.45, 2.75) is 27.0 Å². The number of anilines is 1. The van der Waals surface area contributed by atoms with Gasteiger partial charge in [0.1, 0.15) is 6.61 Å². The summed E-state index contributed by atoms with van der Waals surface area (Å²) < 4.78 is 12.9. The molecule has 0 aliphatic heterocycles. The second-order valence-corrected chi connectivity index (χ2v) is 8.54. The fourth-order valence-electron chi connectivity index (χ4n) is 2.88. The number of benzene rings is 3. The number of nitrogens with one attached hydrogen (secondary N) is 1. The van der Waals surface area contributed by atoms with E-state index in [0.29, 0.717) is 29.8 Å². The van der Waals surface area contributed by atoms with Crippen LogP contribution in [0.1, 0.15) is 23.6 Å². The van der Waals surface area contributed by atoms with Crippen molar-refractivity contribution < 1.29 is 9.47 Å². The molecule has 1 N–H and O–H groups in total. The van der Waals surface area contributed by atoms with Crippen molar-refractivity contribution in [1.29, 1.82) is 0 Å². The summed E-state index contributed by atoms with van der Waals surface area (Å²) in [6.45, 7) is 5.65. The van der Waals surface area contributed by atoms with E-state index in [-0.39, 0.29) is 0 Å². The van der Waals surface area contributed by atoms with Gasteiger partial charge in [-0.3, -0.25) is 0 Å². The molecule has 0 amide bonds. The predicted molar refractivity (Wildman–Crippen MR) is 130 cm³/mol. The Labute approximate surface area is 195 Å². The molecule has 3 rings (SSSR count). The Morgan fingerprint density at radius 3 is 2.52 bits per heavy atom. The monoisotopic (exact) mass is 541 g/mol. The summed E-state index contributed by atoms with van der Waals surface area (Å²) in [6.07, 6.45) is 0. The molecule has 0 aromatic heterocycles. The lowest BCUT2D eigenvalue weighted by Gasteiger charge is -2.17. The molecule has 6 heteroatoms. The van der Waals surface area contributed by atoms with Gasteiger partial charge in [-0.2, -0.15) is 0 Å². The summed E-state index contributed by atoms with van der Waals surface area (Å²) in [5, 5.41) is 4.68. The van der Waals surface area contributed by atoms with E-state index in [0.717, 1.165) is 31.9 Å². The van der Waals surface area contributed by atoms with E-state index in [9.17, 15) is 0 Å². The molecule has 0 bridgehead atoms. The van der Waals surface area contributed by atoms with Crippen LogP contribution in [-0.2, 0) is 13.2 Å². The number of rotatable bonds is 8. The van der Waals surface area contributed by atoms with Crippen LogP contribution in [0.3, 0.4) is 0 Å². The van der Waals surface area contributed by atoms with Crippen molar-refractivity contribution in [3.05, 3.63) is 84.9 Å². The molecule has 3 nitrogen and oxygen atoms in total. The number of hydrogen-bond acceptors (Lipinski definition) is 3. The summed E-state index contributed by atoms with van der Waals surface area (Å²) in [4.78, 5) is 0. The first-order valence-electron chi connectivity index (χ1n) is 9.29. The van der Waals surface area contributed by atoms with Gasteiger partial charge < -0.3 is 14.8 Å². The molecule has 3 aromatic rings. The molecule has 152 valence electrons. The average molecular weight is 542 g/mol. The SMILES string of the molecule is CCOc1cc(CNc2ccccc2C)cc(I)c1OCc1ccc(Cl)cc1Cl.